The molecule has 1 fully saturated rings. The van der Waals surface area contributed by atoms with Crippen molar-refractivity contribution < 1.29 is 28.9 Å². The summed E-state index contributed by atoms with van der Waals surface area (Å²) in [5, 5.41) is 11.8. The molecule has 2 rings (SSSR count). The first-order valence-electron chi connectivity index (χ1n) is 8.72. The van der Waals surface area contributed by atoms with E-state index >= 15 is 0 Å². The van der Waals surface area contributed by atoms with E-state index in [9.17, 15) is 9.59 Å². The molecule has 1 aromatic heterocycles. The third-order valence-electron chi connectivity index (χ3n) is 4.38. The number of carbonyl (C=O) groups is 2. The van der Waals surface area contributed by atoms with Gasteiger partial charge in [-0.3, -0.25) is 14.5 Å². The van der Waals surface area contributed by atoms with Crippen LogP contribution in [0.15, 0.2) is 6.07 Å². The lowest BCUT2D eigenvalue weighted by molar-refractivity contribution is -0.147. The number of esters is 1. The van der Waals surface area contributed by atoms with Gasteiger partial charge in [-0.1, -0.05) is 11.6 Å². The second-order valence-electron chi connectivity index (χ2n) is 6.23. The number of pyridine rings is 1. The van der Waals surface area contributed by atoms with E-state index in [-0.39, 0.29) is 54.2 Å². The number of hydrogen-bond donors (Lipinski definition) is 3. The Hall–Kier alpha value is -2.14. The normalized spacial score (nSPS) is 19.9. The van der Waals surface area contributed by atoms with E-state index < -0.39 is 11.9 Å². The van der Waals surface area contributed by atoms with Gasteiger partial charge in [0.1, 0.15) is 18.0 Å². The van der Waals surface area contributed by atoms with E-state index in [1.54, 1.807) is 7.11 Å². The summed E-state index contributed by atoms with van der Waals surface area (Å²) in [7, 11) is 2.93. The molecule has 2 heterocycles. The summed E-state index contributed by atoms with van der Waals surface area (Å²) in [6.45, 7) is 0.851. The van der Waals surface area contributed by atoms with Crippen molar-refractivity contribution in [1.82, 2.24) is 15.2 Å². The molecule has 0 radical (unpaired) electrons. The predicted molar refractivity (Wildman–Crippen MR) is 101 cm³/mol. The first-order chi connectivity index (χ1) is 13.4. The second kappa shape index (κ2) is 10.4. The maximum absolute atomic E-state index is 12.7. The van der Waals surface area contributed by atoms with E-state index in [2.05, 4.69) is 10.3 Å². The Morgan fingerprint density at radius 1 is 1.46 bits per heavy atom. The van der Waals surface area contributed by atoms with Crippen LogP contribution in [0.1, 0.15) is 16.8 Å². The number of methoxy groups -OCH3 is 2. The third kappa shape index (κ3) is 5.68. The van der Waals surface area contributed by atoms with Crippen LogP contribution >= 0.6 is 11.6 Å². The molecular weight excluding hydrogens is 392 g/mol. The lowest BCUT2D eigenvalue weighted by atomic mass is 10.0. The first kappa shape index (κ1) is 22.2. The van der Waals surface area contributed by atoms with Crippen molar-refractivity contribution in [3.05, 3.63) is 16.7 Å². The van der Waals surface area contributed by atoms with Crippen molar-refractivity contribution in [3.63, 3.8) is 0 Å². The van der Waals surface area contributed by atoms with Crippen LogP contribution in [-0.2, 0) is 14.3 Å². The maximum Gasteiger partial charge on any atom is 0.320 e. The number of anilines is 1. The van der Waals surface area contributed by atoms with Crippen molar-refractivity contribution in [2.45, 2.75) is 18.6 Å². The molecule has 0 bridgehead atoms. The van der Waals surface area contributed by atoms with E-state index in [4.69, 9.17) is 36.7 Å². The number of aliphatic hydroxyl groups is 1. The van der Waals surface area contributed by atoms with Crippen LogP contribution in [0.5, 0.6) is 5.88 Å². The molecule has 1 aliphatic rings. The van der Waals surface area contributed by atoms with Crippen LogP contribution in [0.2, 0.25) is 5.02 Å². The van der Waals surface area contributed by atoms with Gasteiger partial charge >= 0.3 is 5.97 Å². The largest absolute Gasteiger partial charge is 0.480 e. The minimum atomic E-state index is -0.418. The highest BCUT2D eigenvalue weighted by molar-refractivity contribution is 6.33. The Morgan fingerprint density at radius 2 is 2.21 bits per heavy atom. The van der Waals surface area contributed by atoms with Gasteiger partial charge in [0, 0.05) is 20.2 Å². The molecule has 1 aromatic rings. The highest BCUT2D eigenvalue weighted by Crippen LogP contribution is 2.25. The van der Waals surface area contributed by atoms with Crippen LogP contribution in [-0.4, -0.2) is 86.1 Å². The summed E-state index contributed by atoms with van der Waals surface area (Å²) in [6.07, 6.45) is 0.238. The number of rotatable bonds is 8. The summed E-state index contributed by atoms with van der Waals surface area (Å²) in [4.78, 5) is 30.2. The van der Waals surface area contributed by atoms with Gasteiger partial charge in [0.25, 0.3) is 5.91 Å². The number of nitrogen functional groups attached to an aromatic ring is 1. The van der Waals surface area contributed by atoms with E-state index in [0.717, 1.165) is 0 Å². The average Bonchev–Trinajstić information content (AvgIpc) is 2.69. The van der Waals surface area contributed by atoms with Crippen LogP contribution in [0.3, 0.4) is 0 Å². The van der Waals surface area contributed by atoms with Gasteiger partial charge in [0.05, 0.1) is 37.4 Å². The number of nitrogens with one attached hydrogen (secondary N) is 1. The number of likely N-dealkylation sites (tertiary alicyclic amines) is 1. The monoisotopic (exact) mass is 416 g/mol. The number of nitrogens with two attached hydrogens (primary N) is 1. The van der Waals surface area contributed by atoms with E-state index in [1.807, 2.05) is 4.90 Å². The van der Waals surface area contributed by atoms with Gasteiger partial charge in [-0.2, -0.15) is 4.98 Å². The number of nitrogens with zero attached hydrogens (tertiary/aromatic N) is 2. The number of amides is 1. The SMILES string of the molecule is COc1nc(N)c(Cl)cc1C(=O)N[C@@H]1CCN(CC(=O)OCCO)C[C@@H]1OC. The lowest BCUT2D eigenvalue weighted by Crippen LogP contribution is -2.55. The third-order valence-corrected chi connectivity index (χ3v) is 4.68. The molecule has 0 spiro atoms. The minimum absolute atomic E-state index is 0.0287. The highest BCUT2D eigenvalue weighted by Gasteiger charge is 2.32. The zero-order chi connectivity index (χ0) is 20.7. The Kier molecular flexibility index (Phi) is 8.24. The molecule has 28 heavy (non-hydrogen) atoms. The zero-order valence-electron chi connectivity index (χ0n) is 15.8. The fourth-order valence-electron chi connectivity index (χ4n) is 2.97. The van der Waals surface area contributed by atoms with Crippen LogP contribution in [0, 0.1) is 0 Å². The highest BCUT2D eigenvalue weighted by atomic mass is 35.5. The lowest BCUT2D eigenvalue weighted by Gasteiger charge is -2.37. The molecule has 0 saturated carbocycles. The average molecular weight is 417 g/mol. The molecule has 1 saturated heterocycles. The molecule has 10 nitrogen and oxygen atoms in total. The Bertz CT molecular complexity index is 704. The quantitative estimate of drug-likeness (QED) is 0.487. The molecule has 4 N–H and O–H groups in total. The van der Waals surface area contributed by atoms with Gasteiger partial charge in [-0.15, -0.1) is 0 Å². The smallest absolute Gasteiger partial charge is 0.320 e. The van der Waals surface area contributed by atoms with Crippen molar-refractivity contribution in [2.75, 3.05) is 52.8 Å². The second-order valence-corrected chi connectivity index (χ2v) is 6.64. The van der Waals surface area contributed by atoms with Crippen molar-refractivity contribution in [3.8, 4) is 5.88 Å². The summed E-state index contributed by atoms with van der Waals surface area (Å²) < 4.78 is 15.5. The standard InChI is InChI=1S/C17H25ClN4O6/c1-26-13-8-22(9-14(24)28-6-5-23)4-3-12(13)20-16(25)10-7-11(18)15(19)21-17(10)27-2/h7,12-13,23H,3-6,8-9H2,1-2H3,(H2,19,21)(H,20,25)/t12-,13+/m1/s1. The predicted octanol–water partition coefficient (Wildman–Crippen LogP) is -0.320. The van der Waals surface area contributed by atoms with E-state index in [0.29, 0.717) is 19.5 Å². The fourth-order valence-corrected chi connectivity index (χ4v) is 3.12. The molecule has 2 atom stereocenters. The Balaban J connectivity index is 2.00. The van der Waals surface area contributed by atoms with Crippen LogP contribution in [0.25, 0.3) is 0 Å². The number of hydrogen-bond acceptors (Lipinski definition) is 9. The molecular formula is C17H25ClN4O6. The van der Waals surface area contributed by atoms with Crippen molar-refractivity contribution in [2.24, 2.45) is 0 Å². The maximum atomic E-state index is 12.7. The van der Waals surface area contributed by atoms with Gasteiger partial charge in [-0.05, 0) is 12.5 Å². The molecule has 156 valence electrons. The van der Waals surface area contributed by atoms with Crippen molar-refractivity contribution >= 4 is 29.3 Å². The van der Waals surface area contributed by atoms with Gasteiger partial charge in [0.15, 0.2) is 0 Å². The summed E-state index contributed by atoms with van der Waals surface area (Å²) in [6, 6.07) is 1.13. The summed E-state index contributed by atoms with van der Waals surface area (Å²) >= 11 is 5.98. The van der Waals surface area contributed by atoms with Crippen LogP contribution < -0.4 is 15.8 Å². The van der Waals surface area contributed by atoms with Gasteiger partial charge in [-0.25, -0.2) is 0 Å². The van der Waals surface area contributed by atoms with Gasteiger partial charge in [0.2, 0.25) is 5.88 Å². The van der Waals surface area contributed by atoms with Crippen LogP contribution in [0.4, 0.5) is 5.82 Å². The fraction of sp³-hybridized carbons (Fsp3) is 0.588. The summed E-state index contributed by atoms with van der Waals surface area (Å²) in [5.74, 6) is -0.670. The Labute approximate surface area is 167 Å². The molecule has 1 amide bonds. The van der Waals surface area contributed by atoms with Gasteiger partial charge < -0.3 is 30.4 Å². The first-order valence-corrected chi connectivity index (χ1v) is 9.09. The van der Waals surface area contributed by atoms with E-state index in [1.165, 1.54) is 13.2 Å². The minimum Gasteiger partial charge on any atom is -0.480 e. The number of piperidine rings is 1. The summed E-state index contributed by atoms with van der Waals surface area (Å²) in [5.41, 5.74) is 5.82. The molecule has 0 unspecified atom stereocenters. The number of aromatic nitrogens is 1. The number of halogens is 1. The number of carbonyl (C=O) groups excluding carboxylic acids is 2. The Morgan fingerprint density at radius 3 is 2.86 bits per heavy atom. The molecule has 11 heteroatoms. The number of ether oxygens (including phenoxy) is 3. The molecule has 0 aliphatic carbocycles. The number of aliphatic hydroxyl groups excluding tert-OH is 1. The topological polar surface area (TPSA) is 136 Å². The molecule has 0 aromatic carbocycles. The zero-order valence-corrected chi connectivity index (χ0v) is 16.6. The van der Waals surface area contributed by atoms with Crippen molar-refractivity contribution in [1.29, 1.82) is 0 Å². The molecule has 1 aliphatic heterocycles.